The lowest BCUT2D eigenvalue weighted by molar-refractivity contribution is -0.121. The third-order valence-electron chi connectivity index (χ3n) is 2.95. The van der Waals surface area contributed by atoms with Crippen LogP contribution in [0, 0.1) is 11.3 Å². The van der Waals surface area contributed by atoms with Gasteiger partial charge >= 0.3 is 0 Å². The lowest BCUT2D eigenvalue weighted by atomic mass is 10.2. The Morgan fingerprint density at radius 2 is 2.14 bits per heavy atom. The summed E-state index contributed by atoms with van der Waals surface area (Å²) in [5, 5.41) is 12.1. The third-order valence-corrected chi connectivity index (χ3v) is 3.19. The number of nitrogens with zero attached hydrogens (tertiary/aromatic N) is 2. The maximum atomic E-state index is 12.1. The van der Waals surface area contributed by atoms with Gasteiger partial charge in [-0.1, -0.05) is 24.9 Å². The molecule has 2 amide bonds. The molecule has 1 aromatic rings. The number of primary amides is 1. The Hall–Kier alpha value is -2.10. The van der Waals surface area contributed by atoms with Crippen molar-refractivity contribution in [2.24, 2.45) is 5.73 Å². The molecule has 6 nitrogen and oxygen atoms in total. The fourth-order valence-corrected chi connectivity index (χ4v) is 2.10. The molecule has 0 saturated heterocycles. The van der Waals surface area contributed by atoms with Gasteiger partial charge in [-0.3, -0.25) is 14.5 Å². The molecular formula is C15H19ClN4O2. The van der Waals surface area contributed by atoms with E-state index in [0.717, 1.165) is 12.8 Å². The van der Waals surface area contributed by atoms with Gasteiger partial charge < -0.3 is 11.1 Å². The summed E-state index contributed by atoms with van der Waals surface area (Å²) in [6.45, 7) is 2.68. The monoisotopic (exact) mass is 322 g/mol. The van der Waals surface area contributed by atoms with E-state index in [-0.39, 0.29) is 19.0 Å². The van der Waals surface area contributed by atoms with Crippen molar-refractivity contribution in [3.8, 4) is 6.07 Å². The quantitative estimate of drug-likeness (QED) is 0.761. The second-order valence-corrected chi connectivity index (χ2v) is 5.32. The van der Waals surface area contributed by atoms with Gasteiger partial charge in [0.1, 0.15) is 6.07 Å². The zero-order chi connectivity index (χ0) is 16.5. The number of carbonyl (C=O) groups is 2. The zero-order valence-electron chi connectivity index (χ0n) is 12.4. The molecule has 0 spiro atoms. The van der Waals surface area contributed by atoms with Gasteiger partial charge in [0.25, 0.3) is 0 Å². The van der Waals surface area contributed by atoms with Crippen LogP contribution in [0.25, 0.3) is 0 Å². The van der Waals surface area contributed by atoms with Gasteiger partial charge in [0.2, 0.25) is 11.8 Å². The van der Waals surface area contributed by atoms with Gasteiger partial charge in [0.05, 0.1) is 24.3 Å². The standard InChI is InChI=1S/C15H19ClN4O2/c1-2-3-6-20(9-14(18)21)10-15(22)19-13-7-12(16)5-4-11(13)8-17/h4-5,7H,2-3,6,9-10H2,1H3,(H2,18,21)(H,19,22). The number of nitrogens with one attached hydrogen (secondary N) is 1. The van der Waals surface area contributed by atoms with Crippen molar-refractivity contribution in [2.75, 3.05) is 25.0 Å². The molecule has 0 unspecified atom stereocenters. The lowest BCUT2D eigenvalue weighted by Crippen LogP contribution is -2.39. The summed E-state index contributed by atoms with van der Waals surface area (Å²) >= 11 is 5.87. The summed E-state index contributed by atoms with van der Waals surface area (Å²) in [5.41, 5.74) is 5.87. The van der Waals surface area contributed by atoms with Crippen LogP contribution in [0.5, 0.6) is 0 Å². The Morgan fingerprint density at radius 1 is 1.41 bits per heavy atom. The van der Waals surface area contributed by atoms with Crippen LogP contribution >= 0.6 is 11.6 Å². The minimum absolute atomic E-state index is 0.0219. The van der Waals surface area contributed by atoms with E-state index < -0.39 is 5.91 Å². The van der Waals surface area contributed by atoms with Crippen LogP contribution in [0.4, 0.5) is 5.69 Å². The molecule has 1 rings (SSSR count). The number of anilines is 1. The Labute approximate surface area is 134 Å². The first-order valence-electron chi connectivity index (χ1n) is 6.96. The molecule has 0 bridgehead atoms. The topological polar surface area (TPSA) is 99.2 Å². The van der Waals surface area contributed by atoms with Crippen LogP contribution in [0.3, 0.4) is 0 Å². The highest BCUT2D eigenvalue weighted by molar-refractivity contribution is 6.31. The summed E-state index contributed by atoms with van der Waals surface area (Å²) < 4.78 is 0. The van der Waals surface area contributed by atoms with Crippen LogP contribution < -0.4 is 11.1 Å². The first-order chi connectivity index (χ1) is 10.5. The van der Waals surface area contributed by atoms with Crippen molar-refractivity contribution < 1.29 is 9.59 Å². The van der Waals surface area contributed by atoms with Gasteiger partial charge in [-0.05, 0) is 31.2 Å². The number of unbranched alkanes of at least 4 members (excludes halogenated alkanes) is 1. The Bertz CT molecular complexity index is 583. The second-order valence-electron chi connectivity index (χ2n) is 4.88. The minimum Gasteiger partial charge on any atom is -0.369 e. The molecule has 1 aromatic carbocycles. The minimum atomic E-state index is -0.482. The van der Waals surface area contributed by atoms with Crippen molar-refractivity contribution in [1.82, 2.24) is 4.90 Å². The van der Waals surface area contributed by atoms with Crippen LogP contribution in [0.1, 0.15) is 25.3 Å². The number of halogens is 1. The first-order valence-corrected chi connectivity index (χ1v) is 7.34. The number of hydrogen-bond donors (Lipinski definition) is 2. The molecule has 0 saturated carbocycles. The summed E-state index contributed by atoms with van der Waals surface area (Å²) in [5.74, 6) is -0.805. The fraction of sp³-hybridized carbons (Fsp3) is 0.400. The Balaban J connectivity index is 2.72. The maximum absolute atomic E-state index is 12.1. The average Bonchev–Trinajstić information content (AvgIpc) is 2.44. The van der Waals surface area contributed by atoms with E-state index in [1.54, 1.807) is 11.0 Å². The smallest absolute Gasteiger partial charge is 0.238 e. The van der Waals surface area contributed by atoms with Crippen molar-refractivity contribution >= 4 is 29.1 Å². The van der Waals surface area contributed by atoms with E-state index in [2.05, 4.69) is 5.32 Å². The van der Waals surface area contributed by atoms with E-state index in [0.29, 0.717) is 22.8 Å². The highest BCUT2D eigenvalue weighted by Crippen LogP contribution is 2.20. The highest BCUT2D eigenvalue weighted by Gasteiger charge is 2.14. The van der Waals surface area contributed by atoms with E-state index in [1.807, 2.05) is 13.0 Å². The first kappa shape index (κ1) is 18.0. The molecule has 7 heteroatoms. The maximum Gasteiger partial charge on any atom is 0.238 e. The molecule has 3 N–H and O–H groups in total. The predicted molar refractivity (Wildman–Crippen MR) is 85.3 cm³/mol. The summed E-state index contributed by atoms with van der Waals surface area (Å²) in [4.78, 5) is 24.8. The van der Waals surface area contributed by atoms with Crippen LogP contribution in [-0.2, 0) is 9.59 Å². The van der Waals surface area contributed by atoms with Gasteiger partial charge in [-0.2, -0.15) is 5.26 Å². The number of nitriles is 1. The summed E-state index contributed by atoms with van der Waals surface area (Å²) in [6, 6.07) is 6.62. The predicted octanol–water partition coefficient (Wildman–Crippen LogP) is 1.74. The van der Waals surface area contributed by atoms with E-state index in [9.17, 15) is 9.59 Å². The van der Waals surface area contributed by atoms with Gasteiger partial charge in [0.15, 0.2) is 0 Å². The van der Waals surface area contributed by atoms with Crippen molar-refractivity contribution in [1.29, 1.82) is 5.26 Å². The van der Waals surface area contributed by atoms with Crippen LogP contribution in [0.2, 0.25) is 5.02 Å². The van der Waals surface area contributed by atoms with E-state index in [1.165, 1.54) is 12.1 Å². The summed E-state index contributed by atoms with van der Waals surface area (Å²) in [6.07, 6.45) is 1.81. The van der Waals surface area contributed by atoms with Crippen molar-refractivity contribution in [3.05, 3.63) is 28.8 Å². The number of nitrogens with two attached hydrogens (primary N) is 1. The molecule has 0 radical (unpaired) electrons. The molecule has 0 atom stereocenters. The normalized spacial score (nSPS) is 10.3. The molecule has 0 aromatic heterocycles. The molecule has 0 heterocycles. The Kier molecular flexibility index (Phi) is 7.37. The molecular weight excluding hydrogens is 304 g/mol. The summed E-state index contributed by atoms with van der Waals surface area (Å²) in [7, 11) is 0. The SMILES string of the molecule is CCCCN(CC(N)=O)CC(=O)Nc1cc(Cl)ccc1C#N. The number of carbonyl (C=O) groups excluding carboxylic acids is 2. The molecule has 0 aliphatic heterocycles. The molecule has 0 aliphatic carbocycles. The van der Waals surface area contributed by atoms with Crippen molar-refractivity contribution in [2.45, 2.75) is 19.8 Å². The number of hydrogen-bond acceptors (Lipinski definition) is 4. The largest absolute Gasteiger partial charge is 0.369 e. The van der Waals surface area contributed by atoms with Gasteiger partial charge in [-0.15, -0.1) is 0 Å². The highest BCUT2D eigenvalue weighted by atomic mass is 35.5. The average molecular weight is 323 g/mol. The zero-order valence-corrected chi connectivity index (χ0v) is 13.2. The fourth-order valence-electron chi connectivity index (χ4n) is 1.93. The van der Waals surface area contributed by atoms with E-state index in [4.69, 9.17) is 22.6 Å². The molecule has 0 aliphatic rings. The van der Waals surface area contributed by atoms with Crippen LogP contribution in [-0.4, -0.2) is 36.3 Å². The second kappa shape index (κ2) is 9.03. The van der Waals surface area contributed by atoms with Gasteiger partial charge in [0, 0.05) is 5.02 Å². The molecule has 0 fully saturated rings. The van der Waals surface area contributed by atoms with Crippen molar-refractivity contribution in [3.63, 3.8) is 0 Å². The third kappa shape index (κ3) is 6.12. The number of benzene rings is 1. The molecule has 118 valence electrons. The lowest BCUT2D eigenvalue weighted by Gasteiger charge is -2.20. The van der Waals surface area contributed by atoms with Gasteiger partial charge in [-0.25, -0.2) is 0 Å². The number of rotatable bonds is 8. The molecule has 22 heavy (non-hydrogen) atoms. The van der Waals surface area contributed by atoms with Crippen LogP contribution in [0.15, 0.2) is 18.2 Å². The Morgan fingerprint density at radius 3 is 2.73 bits per heavy atom. The number of amides is 2. The van der Waals surface area contributed by atoms with E-state index >= 15 is 0 Å².